The molecule has 0 fully saturated rings. The molecule has 5 heteroatoms. The van der Waals surface area contributed by atoms with Gasteiger partial charge in [0.15, 0.2) is 0 Å². The number of nitrogens with zero attached hydrogens (tertiary/aromatic N) is 1. The van der Waals surface area contributed by atoms with Crippen LogP contribution >= 0.6 is 35.3 Å². The van der Waals surface area contributed by atoms with E-state index in [1.807, 2.05) is 29.5 Å². The first kappa shape index (κ1) is 18.0. The van der Waals surface area contributed by atoms with Crippen molar-refractivity contribution in [3.63, 3.8) is 0 Å². The average Bonchev–Trinajstić information content (AvgIpc) is 3.36. The molecule has 0 spiro atoms. The smallest absolute Gasteiger partial charge is 0.124 e. The molecule has 2 aromatic heterocycles. The summed E-state index contributed by atoms with van der Waals surface area (Å²) in [5.41, 5.74) is 11.1. The highest BCUT2D eigenvalue weighted by Gasteiger charge is 2.11. The van der Waals surface area contributed by atoms with Crippen LogP contribution in [0, 0.1) is 0 Å². The number of rotatable bonds is 2. The number of aromatic nitrogens is 1. The van der Waals surface area contributed by atoms with Crippen LogP contribution in [0.4, 0.5) is 5.69 Å². The number of hydrogen-bond acceptors (Lipinski definition) is 5. The fraction of sp³-hybridized carbons (Fsp3) is 0. The summed E-state index contributed by atoms with van der Waals surface area (Å²) in [5.74, 6) is 0. The first-order valence-electron chi connectivity index (χ1n) is 9.57. The van der Waals surface area contributed by atoms with Gasteiger partial charge >= 0.3 is 0 Å². The van der Waals surface area contributed by atoms with Gasteiger partial charge in [-0.15, -0.1) is 35.3 Å². The molecule has 0 amide bonds. The van der Waals surface area contributed by atoms with Crippen molar-refractivity contribution in [1.29, 1.82) is 0 Å². The Kier molecular flexibility index (Phi) is 4.09. The third-order valence-electron chi connectivity index (χ3n) is 5.38. The van der Waals surface area contributed by atoms with Crippen LogP contribution in [0.3, 0.4) is 0 Å². The monoisotopic (exact) mass is 440 g/mol. The van der Waals surface area contributed by atoms with E-state index in [1.165, 1.54) is 36.0 Å². The Hall–Kier alpha value is -2.86. The molecule has 0 radical (unpaired) electrons. The van der Waals surface area contributed by atoms with Gasteiger partial charge in [-0.05, 0) is 59.7 Å². The minimum absolute atomic E-state index is 0.682. The number of thiazole rings is 1. The van der Waals surface area contributed by atoms with E-state index in [2.05, 4.69) is 73.3 Å². The van der Waals surface area contributed by atoms with Gasteiger partial charge in [-0.1, -0.05) is 30.3 Å². The SMILES string of the molecule is Nc1ccc(-c2nc3ccc(-c4ccc5sc6ccccc6c5c4)cc3s2)cc1S. The number of benzene rings is 4. The predicted octanol–water partition coefficient (Wildman–Crippen LogP) is 7.87. The molecular formula is C25H16N2S3. The van der Waals surface area contributed by atoms with Gasteiger partial charge in [0, 0.05) is 36.3 Å². The minimum atomic E-state index is 0.682. The summed E-state index contributed by atoms with van der Waals surface area (Å²) in [5, 5.41) is 3.63. The molecule has 2 nitrogen and oxygen atoms in total. The van der Waals surface area contributed by atoms with Crippen LogP contribution in [-0.4, -0.2) is 4.98 Å². The quantitative estimate of drug-likeness (QED) is 0.212. The van der Waals surface area contributed by atoms with Crippen molar-refractivity contribution in [1.82, 2.24) is 4.98 Å². The number of fused-ring (bicyclic) bond motifs is 4. The summed E-state index contributed by atoms with van der Waals surface area (Å²) in [7, 11) is 0. The second-order valence-electron chi connectivity index (χ2n) is 7.28. The summed E-state index contributed by atoms with van der Waals surface area (Å²) in [4.78, 5) is 5.60. The molecule has 0 saturated carbocycles. The van der Waals surface area contributed by atoms with Crippen LogP contribution in [0.2, 0.25) is 0 Å². The lowest BCUT2D eigenvalue weighted by Gasteiger charge is -2.02. The Bertz CT molecular complexity index is 1580. The van der Waals surface area contributed by atoms with Crippen LogP contribution in [-0.2, 0) is 0 Å². The van der Waals surface area contributed by atoms with Gasteiger partial charge in [-0.3, -0.25) is 0 Å². The van der Waals surface area contributed by atoms with Crippen molar-refractivity contribution >= 4 is 71.4 Å². The lowest BCUT2D eigenvalue weighted by atomic mass is 10.0. The van der Waals surface area contributed by atoms with Gasteiger partial charge in [0.2, 0.25) is 0 Å². The molecule has 144 valence electrons. The summed E-state index contributed by atoms with van der Waals surface area (Å²) in [6.07, 6.45) is 0. The lowest BCUT2D eigenvalue weighted by molar-refractivity contribution is 1.43. The summed E-state index contributed by atoms with van der Waals surface area (Å²) < 4.78 is 3.83. The summed E-state index contributed by atoms with van der Waals surface area (Å²) in [6.45, 7) is 0. The third-order valence-corrected chi connectivity index (χ3v) is 7.98. The maximum atomic E-state index is 5.90. The standard InChI is InChI=1S/C25H16N2S3/c26-19-8-5-16(12-21(19)28)25-27-20-9-6-15(13-24(20)30-25)14-7-10-23-18(11-14)17-3-1-2-4-22(17)29-23/h1-13,28H,26H2. The van der Waals surface area contributed by atoms with E-state index < -0.39 is 0 Å². The number of anilines is 1. The normalized spacial score (nSPS) is 11.6. The van der Waals surface area contributed by atoms with Crippen molar-refractivity contribution in [2.75, 3.05) is 5.73 Å². The van der Waals surface area contributed by atoms with Crippen molar-refractivity contribution < 1.29 is 0 Å². The van der Waals surface area contributed by atoms with Gasteiger partial charge in [0.25, 0.3) is 0 Å². The van der Waals surface area contributed by atoms with Crippen LogP contribution in [0.15, 0.2) is 83.8 Å². The first-order valence-corrected chi connectivity index (χ1v) is 11.6. The summed E-state index contributed by atoms with van der Waals surface area (Å²) >= 11 is 7.99. The Balaban J connectivity index is 1.46. The van der Waals surface area contributed by atoms with E-state index in [1.54, 1.807) is 11.3 Å². The molecule has 0 aliphatic heterocycles. The number of thiophene rings is 1. The second-order valence-corrected chi connectivity index (χ2v) is 9.88. The molecule has 6 rings (SSSR count). The molecule has 0 saturated heterocycles. The molecule has 0 atom stereocenters. The molecule has 0 aliphatic carbocycles. The van der Waals surface area contributed by atoms with E-state index in [0.717, 1.165) is 21.0 Å². The predicted molar refractivity (Wildman–Crippen MR) is 135 cm³/mol. The van der Waals surface area contributed by atoms with Crippen LogP contribution < -0.4 is 5.73 Å². The van der Waals surface area contributed by atoms with Gasteiger partial charge in [-0.25, -0.2) is 4.98 Å². The van der Waals surface area contributed by atoms with Crippen molar-refractivity contribution in [2.24, 2.45) is 0 Å². The second kappa shape index (κ2) is 6.84. The van der Waals surface area contributed by atoms with Crippen LogP contribution in [0.25, 0.3) is 52.1 Å². The average molecular weight is 441 g/mol. The largest absolute Gasteiger partial charge is 0.398 e. The Morgan fingerprint density at radius 3 is 2.33 bits per heavy atom. The van der Waals surface area contributed by atoms with Crippen LogP contribution in [0.1, 0.15) is 0 Å². The van der Waals surface area contributed by atoms with Crippen molar-refractivity contribution in [2.45, 2.75) is 4.90 Å². The van der Waals surface area contributed by atoms with Gasteiger partial charge in [0.05, 0.1) is 10.2 Å². The number of thiol groups is 1. The maximum Gasteiger partial charge on any atom is 0.124 e. The lowest BCUT2D eigenvalue weighted by Crippen LogP contribution is -1.86. The fourth-order valence-corrected chi connectivity index (χ4v) is 6.11. The van der Waals surface area contributed by atoms with E-state index in [4.69, 9.17) is 10.7 Å². The zero-order valence-electron chi connectivity index (χ0n) is 15.8. The zero-order chi connectivity index (χ0) is 20.2. The molecule has 2 heterocycles. The summed E-state index contributed by atoms with van der Waals surface area (Å²) in [6, 6.07) is 27.8. The van der Waals surface area contributed by atoms with E-state index >= 15 is 0 Å². The van der Waals surface area contributed by atoms with Gasteiger partial charge < -0.3 is 5.73 Å². The Morgan fingerprint density at radius 2 is 1.43 bits per heavy atom. The van der Waals surface area contributed by atoms with E-state index in [-0.39, 0.29) is 0 Å². The van der Waals surface area contributed by atoms with Crippen molar-refractivity contribution in [3.8, 4) is 21.7 Å². The minimum Gasteiger partial charge on any atom is -0.398 e. The first-order chi connectivity index (χ1) is 14.7. The number of nitrogens with two attached hydrogens (primary N) is 1. The molecular weight excluding hydrogens is 424 g/mol. The molecule has 0 aliphatic rings. The fourth-order valence-electron chi connectivity index (χ4n) is 3.81. The molecule has 0 bridgehead atoms. The molecule has 4 aromatic carbocycles. The van der Waals surface area contributed by atoms with Crippen LogP contribution in [0.5, 0.6) is 0 Å². The Morgan fingerprint density at radius 1 is 0.667 bits per heavy atom. The van der Waals surface area contributed by atoms with E-state index in [9.17, 15) is 0 Å². The highest BCUT2D eigenvalue weighted by Crippen LogP contribution is 2.38. The van der Waals surface area contributed by atoms with E-state index in [0.29, 0.717) is 5.69 Å². The molecule has 6 aromatic rings. The topological polar surface area (TPSA) is 38.9 Å². The highest BCUT2D eigenvalue weighted by atomic mass is 32.1. The van der Waals surface area contributed by atoms with Crippen molar-refractivity contribution in [3.05, 3.63) is 78.9 Å². The Labute approximate surface area is 187 Å². The van der Waals surface area contributed by atoms with Gasteiger partial charge in [0.1, 0.15) is 5.01 Å². The number of nitrogen functional groups attached to an aromatic ring is 1. The molecule has 2 N–H and O–H groups in total. The third kappa shape index (κ3) is 2.89. The zero-order valence-corrected chi connectivity index (χ0v) is 18.3. The number of hydrogen-bond donors (Lipinski definition) is 2. The molecule has 30 heavy (non-hydrogen) atoms. The molecule has 0 unspecified atom stereocenters. The van der Waals surface area contributed by atoms with Gasteiger partial charge in [-0.2, -0.15) is 0 Å². The highest BCUT2D eigenvalue weighted by molar-refractivity contribution is 7.80. The maximum absolute atomic E-state index is 5.90.